The maximum absolute atomic E-state index is 5.60. The van der Waals surface area contributed by atoms with E-state index >= 15 is 0 Å². The quantitative estimate of drug-likeness (QED) is 0.553. The highest BCUT2D eigenvalue weighted by molar-refractivity contribution is 4.81. The highest BCUT2D eigenvalue weighted by atomic mass is 16.7. The summed E-state index contributed by atoms with van der Waals surface area (Å²) >= 11 is 0. The number of fused-ring (bicyclic) bond motifs is 2. The predicted molar refractivity (Wildman–Crippen MR) is 37.6 cm³/mol. The molecule has 2 bridgehead atoms. The topological polar surface area (TPSA) is 18.5 Å². The largest absolute Gasteiger partial charge is 0.356 e. The molecule has 2 heteroatoms. The van der Waals surface area contributed by atoms with E-state index in [9.17, 15) is 0 Å². The van der Waals surface area contributed by atoms with Gasteiger partial charge in [-0.3, -0.25) is 0 Å². The lowest BCUT2D eigenvalue weighted by Crippen LogP contribution is -2.27. The minimum Gasteiger partial charge on any atom is -0.356 e. The average Bonchev–Trinajstić information content (AvgIpc) is 2.30. The van der Waals surface area contributed by atoms with Crippen LogP contribution in [0.15, 0.2) is 0 Å². The molecule has 2 aliphatic rings. The van der Waals surface area contributed by atoms with Crippen molar-refractivity contribution in [2.24, 2.45) is 5.92 Å². The monoisotopic (exact) mass is 142 g/mol. The molecule has 58 valence electrons. The van der Waals surface area contributed by atoms with Crippen molar-refractivity contribution in [2.75, 3.05) is 7.11 Å². The van der Waals surface area contributed by atoms with Crippen LogP contribution in [0.2, 0.25) is 0 Å². The van der Waals surface area contributed by atoms with Crippen molar-refractivity contribution in [2.45, 2.75) is 38.1 Å². The van der Waals surface area contributed by atoms with Gasteiger partial charge in [-0.1, -0.05) is 0 Å². The van der Waals surface area contributed by atoms with Gasteiger partial charge in [-0.15, -0.1) is 0 Å². The summed E-state index contributed by atoms with van der Waals surface area (Å²) in [6.07, 6.45) is 5.62. The second kappa shape index (κ2) is 2.51. The molecule has 3 atom stereocenters. The van der Waals surface area contributed by atoms with Crippen LogP contribution in [0.1, 0.15) is 25.7 Å². The maximum atomic E-state index is 5.60. The molecule has 2 rings (SSSR count). The third kappa shape index (κ3) is 1.06. The average molecular weight is 142 g/mol. The highest BCUT2D eigenvalue weighted by Gasteiger charge is 2.34. The van der Waals surface area contributed by atoms with Crippen molar-refractivity contribution in [3.05, 3.63) is 0 Å². The summed E-state index contributed by atoms with van der Waals surface area (Å²) < 4.78 is 10.8. The number of ether oxygens (including phenoxy) is 2. The van der Waals surface area contributed by atoms with Crippen LogP contribution in [0.4, 0.5) is 0 Å². The smallest absolute Gasteiger partial charge is 0.157 e. The van der Waals surface area contributed by atoms with E-state index in [1.165, 1.54) is 19.3 Å². The molecule has 2 fully saturated rings. The molecule has 0 aromatic rings. The van der Waals surface area contributed by atoms with Gasteiger partial charge in [0.15, 0.2) is 6.29 Å². The first kappa shape index (κ1) is 6.62. The van der Waals surface area contributed by atoms with Gasteiger partial charge < -0.3 is 9.47 Å². The van der Waals surface area contributed by atoms with Gasteiger partial charge in [-0.25, -0.2) is 0 Å². The van der Waals surface area contributed by atoms with E-state index in [2.05, 4.69) is 0 Å². The minimum absolute atomic E-state index is 0.103. The summed E-state index contributed by atoms with van der Waals surface area (Å²) in [5, 5.41) is 0. The number of hydrogen-bond acceptors (Lipinski definition) is 2. The molecule has 0 radical (unpaired) electrons. The fourth-order valence-corrected chi connectivity index (χ4v) is 2.06. The molecule has 0 unspecified atom stereocenters. The molecular weight excluding hydrogens is 128 g/mol. The van der Waals surface area contributed by atoms with Gasteiger partial charge in [0.1, 0.15) is 0 Å². The SMILES string of the molecule is CO[C@@H]1C[C@H]2CC[C@H](C2)O1. The summed E-state index contributed by atoms with van der Waals surface area (Å²) in [6, 6.07) is 0. The van der Waals surface area contributed by atoms with Crippen LogP contribution < -0.4 is 0 Å². The first-order valence-corrected chi connectivity index (χ1v) is 4.06. The fraction of sp³-hybridized carbons (Fsp3) is 1.00. The molecule has 1 aliphatic carbocycles. The molecule has 0 spiro atoms. The molecule has 1 aliphatic heterocycles. The lowest BCUT2D eigenvalue weighted by molar-refractivity contribution is -0.176. The first-order valence-electron chi connectivity index (χ1n) is 4.06. The minimum atomic E-state index is 0.103. The van der Waals surface area contributed by atoms with E-state index in [4.69, 9.17) is 9.47 Å². The van der Waals surface area contributed by atoms with Crippen molar-refractivity contribution in [1.82, 2.24) is 0 Å². The number of rotatable bonds is 1. The normalized spacial score (nSPS) is 45.9. The summed E-state index contributed by atoms with van der Waals surface area (Å²) in [5.74, 6) is 0.892. The van der Waals surface area contributed by atoms with Gasteiger partial charge in [0.2, 0.25) is 0 Å². The molecule has 0 aromatic heterocycles. The van der Waals surface area contributed by atoms with Gasteiger partial charge in [-0.05, 0) is 25.2 Å². The van der Waals surface area contributed by atoms with Gasteiger partial charge in [-0.2, -0.15) is 0 Å². The second-order valence-electron chi connectivity index (χ2n) is 3.34. The van der Waals surface area contributed by atoms with Crippen LogP contribution in [0, 0.1) is 5.92 Å². The van der Waals surface area contributed by atoms with E-state index in [1.54, 1.807) is 7.11 Å². The van der Waals surface area contributed by atoms with E-state index in [0.29, 0.717) is 6.10 Å². The van der Waals surface area contributed by atoms with Gasteiger partial charge >= 0.3 is 0 Å². The molecule has 2 nitrogen and oxygen atoms in total. The zero-order chi connectivity index (χ0) is 6.97. The van der Waals surface area contributed by atoms with Crippen molar-refractivity contribution in [3.8, 4) is 0 Å². The van der Waals surface area contributed by atoms with E-state index in [-0.39, 0.29) is 6.29 Å². The number of methoxy groups -OCH3 is 1. The molecule has 1 saturated carbocycles. The van der Waals surface area contributed by atoms with Crippen LogP contribution in [-0.2, 0) is 9.47 Å². The van der Waals surface area contributed by atoms with Crippen molar-refractivity contribution in [1.29, 1.82) is 0 Å². The lowest BCUT2D eigenvalue weighted by Gasteiger charge is -2.26. The molecule has 0 amide bonds. The van der Waals surface area contributed by atoms with E-state index in [0.717, 1.165) is 12.3 Å². The summed E-state index contributed by atoms with van der Waals surface area (Å²) in [4.78, 5) is 0. The third-order valence-corrected chi connectivity index (χ3v) is 2.63. The van der Waals surface area contributed by atoms with Crippen molar-refractivity contribution in [3.63, 3.8) is 0 Å². The van der Waals surface area contributed by atoms with E-state index in [1.807, 2.05) is 0 Å². The Morgan fingerprint density at radius 1 is 1.30 bits per heavy atom. The molecule has 1 heterocycles. The zero-order valence-electron chi connectivity index (χ0n) is 6.38. The Balaban J connectivity index is 1.96. The van der Waals surface area contributed by atoms with Crippen LogP contribution >= 0.6 is 0 Å². The molecular formula is C8H14O2. The van der Waals surface area contributed by atoms with Crippen molar-refractivity contribution < 1.29 is 9.47 Å². The van der Waals surface area contributed by atoms with E-state index < -0.39 is 0 Å². The molecule has 10 heavy (non-hydrogen) atoms. The molecule has 0 N–H and O–H groups in total. The van der Waals surface area contributed by atoms with Crippen molar-refractivity contribution >= 4 is 0 Å². The molecule has 1 saturated heterocycles. The Morgan fingerprint density at radius 3 is 2.90 bits per heavy atom. The zero-order valence-corrected chi connectivity index (χ0v) is 6.38. The first-order chi connectivity index (χ1) is 4.88. The van der Waals surface area contributed by atoms with Crippen LogP contribution in [0.5, 0.6) is 0 Å². The van der Waals surface area contributed by atoms with Gasteiger partial charge in [0.05, 0.1) is 6.10 Å². The Labute approximate surface area is 61.5 Å². The van der Waals surface area contributed by atoms with Crippen LogP contribution in [0.25, 0.3) is 0 Å². The Hall–Kier alpha value is -0.0800. The highest BCUT2D eigenvalue weighted by Crippen LogP contribution is 2.37. The van der Waals surface area contributed by atoms with Crippen LogP contribution in [-0.4, -0.2) is 19.5 Å². The van der Waals surface area contributed by atoms with Crippen LogP contribution in [0.3, 0.4) is 0 Å². The number of hydrogen-bond donors (Lipinski definition) is 0. The summed E-state index contributed by atoms with van der Waals surface area (Å²) in [5.41, 5.74) is 0. The Bertz CT molecular complexity index is 112. The molecule has 0 aromatic carbocycles. The lowest BCUT2D eigenvalue weighted by atomic mass is 10.0. The summed E-state index contributed by atoms with van der Waals surface area (Å²) in [7, 11) is 1.73. The maximum Gasteiger partial charge on any atom is 0.157 e. The predicted octanol–water partition coefficient (Wildman–Crippen LogP) is 1.55. The van der Waals surface area contributed by atoms with Gasteiger partial charge in [0.25, 0.3) is 0 Å². The second-order valence-corrected chi connectivity index (χ2v) is 3.34. The van der Waals surface area contributed by atoms with Gasteiger partial charge in [0, 0.05) is 13.5 Å². The third-order valence-electron chi connectivity index (χ3n) is 2.63. The standard InChI is InChI=1S/C8H14O2/c1-9-8-5-6-2-3-7(4-6)10-8/h6-8H,2-5H2,1H3/t6-,7+,8-/m0/s1. The fourth-order valence-electron chi connectivity index (χ4n) is 2.06. The Morgan fingerprint density at radius 2 is 2.20 bits per heavy atom. The Kier molecular flexibility index (Phi) is 1.66. The summed E-state index contributed by atoms with van der Waals surface area (Å²) in [6.45, 7) is 0.